The smallest absolute Gasteiger partial charge is 0.129 e. The van der Waals surface area contributed by atoms with Crippen LogP contribution < -0.4 is 0 Å². The van der Waals surface area contributed by atoms with Gasteiger partial charge in [0.2, 0.25) is 0 Å². The van der Waals surface area contributed by atoms with E-state index in [0.717, 1.165) is 10.2 Å². The van der Waals surface area contributed by atoms with Gasteiger partial charge in [0.05, 0.1) is 5.69 Å². The van der Waals surface area contributed by atoms with Crippen molar-refractivity contribution in [2.75, 3.05) is 0 Å². The zero-order valence-electron chi connectivity index (χ0n) is 7.04. The number of halogens is 2. The summed E-state index contributed by atoms with van der Waals surface area (Å²) < 4.78 is 0.795. The van der Waals surface area contributed by atoms with Gasteiger partial charge < -0.3 is 0 Å². The summed E-state index contributed by atoms with van der Waals surface area (Å²) >= 11 is 9.03. The second-order valence-corrected chi connectivity index (χ2v) is 3.83. The molecule has 0 N–H and O–H groups in total. The SMILES string of the molecule is Clc1cc[c]c(-c2ccc(Br)nc2)n1. The Morgan fingerprint density at radius 1 is 1.29 bits per heavy atom. The molecular weight excluding hydrogens is 263 g/mol. The summed E-state index contributed by atoms with van der Waals surface area (Å²) in [6.45, 7) is 0. The van der Waals surface area contributed by atoms with Gasteiger partial charge in [-0.15, -0.1) is 0 Å². The maximum Gasteiger partial charge on any atom is 0.129 e. The van der Waals surface area contributed by atoms with Gasteiger partial charge in [0.25, 0.3) is 0 Å². The minimum atomic E-state index is 0.460. The third-order valence-corrected chi connectivity index (χ3v) is 2.34. The molecule has 4 heteroatoms. The number of nitrogens with zero attached hydrogens (tertiary/aromatic N) is 2. The standard InChI is InChI=1S/C10H5BrClN2/c11-9-5-4-7(6-13-9)8-2-1-3-10(12)14-8/h1,3-6H. The summed E-state index contributed by atoms with van der Waals surface area (Å²) in [4.78, 5) is 8.23. The van der Waals surface area contributed by atoms with Crippen molar-refractivity contribution in [2.24, 2.45) is 0 Å². The minimum Gasteiger partial charge on any atom is -0.249 e. The van der Waals surface area contributed by atoms with Gasteiger partial charge in [-0.05, 0) is 40.2 Å². The van der Waals surface area contributed by atoms with Crippen molar-refractivity contribution < 1.29 is 0 Å². The van der Waals surface area contributed by atoms with E-state index in [4.69, 9.17) is 11.6 Å². The van der Waals surface area contributed by atoms with Crippen molar-refractivity contribution in [3.8, 4) is 11.3 Å². The molecule has 2 rings (SSSR count). The van der Waals surface area contributed by atoms with Crippen LogP contribution in [-0.4, -0.2) is 9.97 Å². The molecule has 0 saturated heterocycles. The predicted molar refractivity (Wildman–Crippen MR) is 59.0 cm³/mol. The number of pyridine rings is 2. The molecule has 2 aromatic heterocycles. The average molecular weight is 269 g/mol. The van der Waals surface area contributed by atoms with Gasteiger partial charge >= 0.3 is 0 Å². The van der Waals surface area contributed by atoms with Crippen LogP contribution in [0.5, 0.6) is 0 Å². The molecule has 0 fully saturated rings. The van der Waals surface area contributed by atoms with E-state index in [1.807, 2.05) is 12.1 Å². The van der Waals surface area contributed by atoms with Crippen LogP contribution in [0.4, 0.5) is 0 Å². The third kappa shape index (κ3) is 2.11. The molecule has 69 valence electrons. The molecule has 2 nitrogen and oxygen atoms in total. The van der Waals surface area contributed by atoms with Crippen molar-refractivity contribution in [3.05, 3.63) is 46.3 Å². The fourth-order valence-electron chi connectivity index (χ4n) is 1.03. The predicted octanol–water partition coefficient (Wildman–Crippen LogP) is 3.36. The monoisotopic (exact) mass is 267 g/mol. The van der Waals surface area contributed by atoms with Crippen molar-refractivity contribution in [2.45, 2.75) is 0 Å². The maximum atomic E-state index is 5.77. The highest BCUT2D eigenvalue weighted by molar-refractivity contribution is 9.10. The van der Waals surface area contributed by atoms with Crippen LogP contribution in [-0.2, 0) is 0 Å². The Morgan fingerprint density at radius 2 is 2.14 bits per heavy atom. The molecule has 2 aromatic rings. The summed E-state index contributed by atoms with van der Waals surface area (Å²) in [5, 5.41) is 0.460. The highest BCUT2D eigenvalue weighted by Gasteiger charge is 2.00. The Bertz CT molecular complexity index is 442. The lowest BCUT2D eigenvalue weighted by Gasteiger charge is -1.99. The van der Waals surface area contributed by atoms with Crippen molar-refractivity contribution >= 4 is 27.5 Å². The lowest BCUT2D eigenvalue weighted by atomic mass is 10.2. The Labute approximate surface area is 95.1 Å². The van der Waals surface area contributed by atoms with Crippen molar-refractivity contribution in [1.82, 2.24) is 9.97 Å². The number of hydrogen-bond acceptors (Lipinski definition) is 2. The summed E-state index contributed by atoms with van der Waals surface area (Å²) in [7, 11) is 0. The topological polar surface area (TPSA) is 25.8 Å². The molecule has 14 heavy (non-hydrogen) atoms. The highest BCUT2D eigenvalue weighted by Crippen LogP contribution is 2.18. The Balaban J connectivity index is 2.44. The van der Waals surface area contributed by atoms with Gasteiger partial charge in [0.15, 0.2) is 0 Å². The Hall–Kier alpha value is -0.930. The lowest BCUT2D eigenvalue weighted by molar-refractivity contribution is 1.25. The van der Waals surface area contributed by atoms with Gasteiger partial charge in [0, 0.05) is 17.8 Å². The summed E-state index contributed by atoms with van der Waals surface area (Å²) in [5.74, 6) is 0. The molecule has 0 aliphatic rings. The molecule has 0 aromatic carbocycles. The molecule has 2 heterocycles. The van der Waals surface area contributed by atoms with E-state index in [2.05, 4.69) is 32.0 Å². The van der Waals surface area contributed by atoms with Gasteiger partial charge in [-0.3, -0.25) is 0 Å². The Morgan fingerprint density at radius 3 is 2.79 bits per heavy atom. The van der Waals surface area contributed by atoms with Crippen LogP contribution in [0.15, 0.2) is 35.1 Å². The van der Waals surface area contributed by atoms with E-state index < -0.39 is 0 Å². The summed E-state index contributed by atoms with van der Waals surface area (Å²) in [5.41, 5.74) is 1.60. The fourth-order valence-corrected chi connectivity index (χ4v) is 1.41. The normalized spacial score (nSPS) is 10.1. The maximum absolute atomic E-state index is 5.77. The first-order valence-electron chi connectivity index (χ1n) is 3.92. The van der Waals surface area contributed by atoms with Crippen LogP contribution in [0.25, 0.3) is 11.3 Å². The minimum absolute atomic E-state index is 0.460. The molecule has 0 unspecified atom stereocenters. The van der Waals surface area contributed by atoms with Crippen LogP contribution in [0, 0.1) is 6.07 Å². The second kappa shape index (κ2) is 4.07. The molecule has 0 atom stereocenters. The summed E-state index contributed by atoms with van der Waals surface area (Å²) in [6.07, 6.45) is 1.72. The summed E-state index contributed by atoms with van der Waals surface area (Å²) in [6, 6.07) is 10.2. The molecule has 0 bridgehead atoms. The van der Waals surface area contributed by atoms with Crippen LogP contribution >= 0.6 is 27.5 Å². The van der Waals surface area contributed by atoms with Crippen molar-refractivity contribution in [3.63, 3.8) is 0 Å². The lowest BCUT2D eigenvalue weighted by Crippen LogP contribution is -1.85. The van der Waals surface area contributed by atoms with Gasteiger partial charge in [-0.1, -0.05) is 11.6 Å². The van der Waals surface area contributed by atoms with E-state index in [1.54, 1.807) is 18.3 Å². The van der Waals surface area contributed by atoms with E-state index in [0.29, 0.717) is 10.8 Å². The van der Waals surface area contributed by atoms with E-state index in [-0.39, 0.29) is 0 Å². The molecule has 0 spiro atoms. The number of aromatic nitrogens is 2. The van der Waals surface area contributed by atoms with Crippen LogP contribution in [0.1, 0.15) is 0 Å². The highest BCUT2D eigenvalue weighted by atomic mass is 79.9. The first-order valence-corrected chi connectivity index (χ1v) is 5.09. The van der Waals surface area contributed by atoms with E-state index in [1.165, 1.54) is 0 Å². The van der Waals surface area contributed by atoms with Gasteiger partial charge in [-0.2, -0.15) is 0 Å². The zero-order valence-corrected chi connectivity index (χ0v) is 9.38. The van der Waals surface area contributed by atoms with Gasteiger partial charge in [0.1, 0.15) is 9.76 Å². The molecule has 1 radical (unpaired) electrons. The fraction of sp³-hybridized carbons (Fsp3) is 0. The first-order chi connectivity index (χ1) is 6.75. The molecule has 0 aliphatic carbocycles. The number of rotatable bonds is 1. The average Bonchev–Trinajstić information content (AvgIpc) is 2.19. The van der Waals surface area contributed by atoms with Gasteiger partial charge in [-0.25, -0.2) is 9.97 Å². The third-order valence-electron chi connectivity index (χ3n) is 1.66. The van der Waals surface area contributed by atoms with Crippen LogP contribution in [0.2, 0.25) is 5.15 Å². The largest absolute Gasteiger partial charge is 0.249 e. The molecule has 0 saturated carbocycles. The first kappa shape index (κ1) is 9.62. The number of hydrogen-bond donors (Lipinski definition) is 0. The van der Waals surface area contributed by atoms with Crippen LogP contribution in [0.3, 0.4) is 0 Å². The second-order valence-electron chi connectivity index (χ2n) is 2.63. The molecular formula is C10H5BrClN2. The molecule has 0 aliphatic heterocycles. The Kier molecular flexibility index (Phi) is 2.79. The van der Waals surface area contributed by atoms with Crippen molar-refractivity contribution in [1.29, 1.82) is 0 Å². The van der Waals surface area contributed by atoms with E-state index >= 15 is 0 Å². The zero-order chi connectivity index (χ0) is 9.97. The van der Waals surface area contributed by atoms with E-state index in [9.17, 15) is 0 Å². The quantitative estimate of drug-likeness (QED) is 0.741. The molecule has 0 amide bonds.